The topological polar surface area (TPSA) is 178 Å². The number of benzene rings is 1. The number of amides is 4. The van der Waals surface area contributed by atoms with Gasteiger partial charge in [-0.1, -0.05) is 71.1 Å². The fraction of sp³-hybridized carbons (Fsp3) is 0.675. The minimum atomic E-state index is -3.88. The highest BCUT2D eigenvalue weighted by Gasteiger charge is 2.61. The minimum Gasteiger partial charge on any atom is -0.493 e. The average molecular weight is 785 g/mol. The number of alkyl carbamates (subject to hydrolysis) is 1. The Bertz CT molecular complexity index is 1770. The smallest absolute Gasteiger partial charge is 0.410 e. The highest BCUT2D eigenvalue weighted by atomic mass is 32.2. The molecule has 1 unspecified atom stereocenters. The zero-order valence-electron chi connectivity index (χ0n) is 32.3. The van der Waals surface area contributed by atoms with E-state index in [1.165, 1.54) is 4.90 Å². The summed E-state index contributed by atoms with van der Waals surface area (Å²) in [4.78, 5) is 72.0. The van der Waals surface area contributed by atoms with E-state index in [1.807, 2.05) is 18.2 Å². The molecule has 302 valence electrons. The molecule has 15 heteroatoms. The summed E-state index contributed by atoms with van der Waals surface area (Å²) in [6.07, 6.45) is 6.74. The minimum absolute atomic E-state index is 0.0381. The van der Waals surface area contributed by atoms with Crippen LogP contribution in [-0.2, 0) is 47.0 Å². The van der Waals surface area contributed by atoms with E-state index >= 15 is 0 Å². The maximum atomic E-state index is 14.5. The van der Waals surface area contributed by atoms with Crippen molar-refractivity contribution < 1.29 is 46.6 Å². The molecule has 1 saturated heterocycles. The zero-order valence-corrected chi connectivity index (χ0v) is 33.1. The lowest BCUT2D eigenvalue weighted by Crippen LogP contribution is -2.57. The van der Waals surface area contributed by atoms with Crippen molar-refractivity contribution in [3.8, 4) is 5.75 Å². The van der Waals surface area contributed by atoms with Crippen LogP contribution in [0.2, 0.25) is 0 Å². The van der Waals surface area contributed by atoms with Crippen molar-refractivity contribution in [3.05, 3.63) is 42.0 Å². The number of cyclic esters (lactones) is 1. The van der Waals surface area contributed by atoms with Gasteiger partial charge in [0.05, 0.1) is 43.0 Å². The number of nitrogens with one attached hydrogen (secondary N) is 2. The first-order valence-electron chi connectivity index (χ1n) is 19.8. The Balaban J connectivity index is 1.24. The Morgan fingerprint density at radius 3 is 2.31 bits per heavy atom. The molecule has 2 N–H and O–H groups in total. The summed E-state index contributed by atoms with van der Waals surface area (Å²) < 4.78 is 45.3. The van der Waals surface area contributed by atoms with E-state index in [4.69, 9.17) is 14.2 Å². The number of hydrogen-bond acceptors (Lipinski definition) is 10. The highest BCUT2D eigenvalue weighted by molar-refractivity contribution is 7.90. The van der Waals surface area contributed by atoms with Crippen molar-refractivity contribution in [3.63, 3.8) is 0 Å². The third kappa shape index (κ3) is 9.46. The molecule has 1 aromatic carbocycles. The Hall–Kier alpha value is -4.14. The number of hydrogen-bond donors (Lipinski definition) is 2. The standard InChI is InChI=1S/C40H56N4O10S/c1-5-27-21-40(27,36(47)42-55(50,51)29-16-17-29)22-32(45)31-20-28-24-44(31)35(46)34(39(2,3)4)41-37(48)53-19-12-10-8-6-7-9-11-18-52-33-15-13-14-26-23-43(25-30(26)33)38(49)54-28/h5,13-15,27-29,31,34H,1,6-12,16-25H2,2-4H3,(H,41,48)(H,42,47)/t27-,28+,31?,34+,40-/m0/s1. The van der Waals surface area contributed by atoms with Crippen LogP contribution in [0.15, 0.2) is 30.9 Å². The van der Waals surface area contributed by atoms with Crippen LogP contribution in [0.4, 0.5) is 9.59 Å². The van der Waals surface area contributed by atoms with Crippen LogP contribution in [0, 0.1) is 16.7 Å². The molecule has 4 bridgehead atoms. The third-order valence-electron chi connectivity index (χ3n) is 11.6. The Morgan fingerprint density at radius 2 is 1.67 bits per heavy atom. The first-order valence-corrected chi connectivity index (χ1v) is 21.3. The van der Waals surface area contributed by atoms with E-state index < -0.39 is 80.0 Å². The van der Waals surface area contributed by atoms with Crippen LogP contribution >= 0.6 is 0 Å². The number of Topliss-reactive ketones (excluding diaryl/α,β-unsaturated/α-hetero) is 1. The number of carbonyl (C=O) groups excluding carboxylic acids is 5. The van der Waals surface area contributed by atoms with Crippen molar-refractivity contribution in [2.24, 2.45) is 16.7 Å². The number of nitrogens with zero attached hydrogens (tertiary/aromatic N) is 2. The summed E-state index contributed by atoms with van der Waals surface area (Å²) in [6.45, 7) is 10.4. The number of rotatable bonds is 7. The van der Waals surface area contributed by atoms with E-state index in [2.05, 4.69) is 16.6 Å². The van der Waals surface area contributed by atoms with E-state index in [0.29, 0.717) is 32.4 Å². The van der Waals surface area contributed by atoms with E-state index in [-0.39, 0.29) is 39.0 Å². The van der Waals surface area contributed by atoms with Gasteiger partial charge in [-0.2, -0.15) is 0 Å². The normalized spacial score (nSPS) is 28.5. The van der Waals surface area contributed by atoms with Crippen LogP contribution in [0.3, 0.4) is 0 Å². The zero-order chi connectivity index (χ0) is 39.5. The molecule has 6 rings (SSSR count). The van der Waals surface area contributed by atoms with Crippen molar-refractivity contribution in [2.75, 3.05) is 19.8 Å². The summed E-state index contributed by atoms with van der Waals surface area (Å²) in [6, 6.07) is 3.55. The summed E-state index contributed by atoms with van der Waals surface area (Å²) in [5.74, 6) is -1.49. The molecule has 0 spiro atoms. The molecular formula is C40H56N4O10S. The number of ether oxygens (including phenoxy) is 3. The molecule has 0 radical (unpaired) electrons. The molecule has 5 atom stereocenters. The number of fused-ring (bicyclic) bond motifs is 3. The Labute approximate surface area is 324 Å². The van der Waals surface area contributed by atoms with Gasteiger partial charge in [-0.3, -0.25) is 24.0 Å². The maximum absolute atomic E-state index is 14.5. The SMILES string of the molecule is C=C[C@H]1C[C@@]1(CC(=O)C1C[C@@H]2CN1C(=O)[C@H](C(C)(C)C)NC(=O)OCCCCCCCCCOc1cccc3c1CN(C3)C(=O)O2)C(=O)NS(=O)(=O)C1CC1. The maximum Gasteiger partial charge on any atom is 0.410 e. The fourth-order valence-electron chi connectivity index (χ4n) is 8.02. The molecule has 5 aliphatic rings. The predicted octanol–water partition coefficient (Wildman–Crippen LogP) is 5.13. The first kappa shape index (κ1) is 40.5. The summed E-state index contributed by atoms with van der Waals surface area (Å²) >= 11 is 0. The van der Waals surface area contributed by atoms with Gasteiger partial charge in [-0.05, 0) is 55.1 Å². The molecule has 3 aliphatic heterocycles. The number of sulfonamides is 1. The second-order valence-electron chi connectivity index (χ2n) is 16.9. The quantitative estimate of drug-likeness (QED) is 0.353. The van der Waals surface area contributed by atoms with Crippen molar-refractivity contribution in [1.82, 2.24) is 19.8 Å². The monoisotopic (exact) mass is 784 g/mol. The van der Waals surface area contributed by atoms with Gasteiger partial charge in [-0.25, -0.2) is 18.0 Å². The van der Waals surface area contributed by atoms with E-state index in [0.717, 1.165) is 55.4 Å². The van der Waals surface area contributed by atoms with Crippen LogP contribution < -0.4 is 14.8 Å². The molecule has 55 heavy (non-hydrogen) atoms. The van der Waals surface area contributed by atoms with Gasteiger partial charge in [0, 0.05) is 24.9 Å². The summed E-state index contributed by atoms with van der Waals surface area (Å²) in [5, 5.41) is 2.11. The van der Waals surface area contributed by atoms with Gasteiger partial charge < -0.3 is 24.4 Å². The second-order valence-corrected chi connectivity index (χ2v) is 18.9. The molecule has 3 fully saturated rings. The highest BCUT2D eigenvalue weighted by Crippen LogP contribution is 2.57. The van der Waals surface area contributed by atoms with Gasteiger partial charge in [0.2, 0.25) is 21.8 Å². The van der Waals surface area contributed by atoms with E-state index in [9.17, 15) is 32.4 Å². The fourth-order valence-corrected chi connectivity index (χ4v) is 9.41. The summed E-state index contributed by atoms with van der Waals surface area (Å²) in [7, 11) is -3.88. The third-order valence-corrected chi connectivity index (χ3v) is 13.4. The van der Waals surface area contributed by atoms with Crippen molar-refractivity contribution >= 4 is 39.8 Å². The molecule has 4 amide bonds. The molecule has 3 heterocycles. The number of allylic oxidation sites excluding steroid dienone is 1. The number of carbonyl (C=O) groups is 5. The lowest BCUT2D eigenvalue weighted by molar-refractivity contribution is -0.142. The molecule has 2 saturated carbocycles. The van der Waals surface area contributed by atoms with Crippen LogP contribution in [0.1, 0.15) is 109 Å². The largest absolute Gasteiger partial charge is 0.493 e. The van der Waals surface area contributed by atoms with Crippen LogP contribution in [0.5, 0.6) is 5.75 Å². The van der Waals surface area contributed by atoms with Gasteiger partial charge in [-0.15, -0.1) is 6.58 Å². The molecular weight excluding hydrogens is 729 g/mol. The lowest BCUT2D eigenvalue weighted by Gasteiger charge is -2.35. The molecule has 0 aromatic heterocycles. The van der Waals surface area contributed by atoms with E-state index in [1.54, 1.807) is 31.7 Å². The van der Waals surface area contributed by atoms with Crippen LogP contribution in [-0.4, -0.2) is 91.2 Å². The van der Waals surface area contributed by atoms with Gasteiger partial charge in [0.25, 0.3) is 0 Å². The molecule has 14 nitrogen and oxygen atoms in total. The second kappa shape index (κ2) is 16.5. The molecule has 2 aliphatic carbocycles. The Morgan fingerprint density at radius 1 is 1.00 bits per heavy atom. The van der Waals surface area contributed by atoms with Crippen LogP contribution in [0.25, 0.3) is 0 Å². The lowest BCUT2D eigenvalue weighted by atomic mass is 9.85. The van der Waals surface area contributed by atoms with Crippen molar-refractivity contribution in [1.29, 1.82) is 0 Å². The van der Waals surface area contributed by atoms with Gasteiger partial charge in [0.15, 0.2) is 5.78 Å². The first-order chi connectivity index (χ1) is 26.1. The van der Waals surface area contributed by atoms with Crippen molar-refractivity contribution in [2.45, 2.75) is 134 Å². The predicted molar refractivity (Wildman–Crippen MR) is 202 cm³/mol. The van der Waals surface area contributed by atoms with Gasteiger partial charge >= 0.3 is 12.2 Å². The summed E-state index contributed by atoms with van der Waals surface area (Å²) in [5.41, 5.74) is -0.274. The number of ketones is 1. The molecule has 1 aromatic rings. The van der Waals surface area contributed by atoms with Gasteiger partial charge in [0.1, 0.15) is 17.9 Å². The average Bonchev–Trinajstić information content (AvgIpc) is 4.02. The Kier molecular flexibility index (Phi) is 12.2.